The molecule has 0 radical (unpaired) electrons. The fraction of sp³-hybridized carbons (Fsp3) is 0.281. The van der Waals surface area contributed by atoms with Gasteiger partial charge in [-0.1, -0.05) is 109 Å². The number of morpholine rings is 3. The second kappa shape index (κ2) is 42.1. The van der Waals surface area contributed by atoms with Crippen molar-refractivity contribution in [2.24, 2.45) is 9.98 Å². The summed E-state index contributed by atoms with van der Waals surface area (Å²) in [6.45, 7) is 16.2. The highest BCUT2D eigenvalue weighted by Crippen LogP contribution is 2.41. The first-order chi connectivity index (χ1) is 60.4. The molecule has 0 aliphatic carbocycles. The van der Waals surface area contributed by atoms with E-state index in [1.54, 1.807) is 68.4 Å². The first-order valence-electron chi connectivity index (χ1n) is 41.6. The zero-order valence-corrected chi connectivity index (χ0v) is 72.0. The number of aromatic nitrogens is 2. The lowest BCUT2D eigenvalue weighted by atomic mass is 10.00. The number of hydrogen-bond acceptors (Lipinski definition) is 22. The molecule has 28 nitrogen and oxygen atoms in total. The number of fused-ring (bicyclic) bond motifs is 6. The summed E-state index contributed by atoms with van der Waals surface area (Å²) in [6, 6.07) is 61.6. The number of aliphatic imine (C=N–C) groups is 2. The molecule has 0 bridgehead atoms. The van der Waals surface area contributed by atoms with Gasteiger partial charge in [0.15, 0.2) is 11.8 Å². The standard InChI is InChI=1S/2C32H32N4O5.C18H15NO4.C14H19N3O2.2ClH/c2*1-2-41-32(39)23-8-10-25-26(19-23)34-31(38)29(25)30(21-6-4-3-5-7-21)33-24-9-11-27-22(18-24)12-13-36(27)28(37)20-35-14-16-40-17-15-35;1-22-16(11-6-4-3-5-7-11)15-13-9-8-12(18(21)23-2)10-14(13)19-17(15)20;15-12-1-2-13-11(9-12)3-4-17(13)14(18)10-16-5-7-19-8-6-16;;/h2*3-11,18-19,34,38H,2,12-17,20H2,1H3;3-10H,1-2H3,(H,19,20);1-2,9H,3-8,10,15H2;2*1H/b;;16-15-;;;. The first kappa shape index (κ1) is 90.7. The highest BCUT2D eigenvalue weighted by atomic mass is 35.5. The van der Waals surface area contributed by atoms with E-state index in [1.165, 1.54) is 19.8 Å². The molecule has 30 heteroatoms. The number of nitrogens with zero attached hydrogens (tertiary/aromatic N) is 8. The van der Waals surface area contributed by atoms with E-state index in [0.29, 0.717) is 132 Å². The molecule has 126 heavy (non-hydrogen) atoms. The maximum atomic E-state index is 13.1. The molecular formula is C96H100Cl2N12O16. The van der Waals surface area contributed by atoms with Gasteiger partial charge in [-0.15, -0.1) is 24.8 Å². The van der Waals surface area contributed by atoms with Crippen molar-refractivity contribution in [3.8, 4) is 11.8 Å². The van der Waals surface area contributed by atoms with Crippen molar-refractivity contribution >= 4 is 151 Å². The zero-order chi connectivity index (χ0) is 86.3. The molecule has 2 aromatic heterocycles. The van der Waals surface area contributed by atoms with Crippen molar-refractivity contribution in [2.45, 2.75) is 33.1 Å². The number of nitrogens with one attached hydrogen (secondary N) is 3. The summed E-state index contributed by atoms with van der Waals surface area (Å²) >= 11 is 0. The molecule has 7 aliphatic heterocycles. The number of aromatic amines is 2. The zero-order valence-electron chi connectivity index (χ0n) is 70.4. The highest BCUT2D eigenvalue weighted by molar-refractivity contribution is 6.36. The van der Waals surface area contributed by atoms with Crippen molar-refractivity contribution in [3.05, 3.63) is 267 Å². The third-order valence-corrected chi connectivity index (χ3v) is 22.5. The van der Waals surface area contributed by atoms with E-state index >= 15 is 0 Å². The van der Waals surface area contributed by atoms with E-state index in [1.807, 2.05) is 160 Å². The van der Waals surface area contributed by atoms with Crippen molar-refractivity contribution < 1.29 is 76.9 Å². The van der Waals surface area contributed by atoms with Crippen LogP contribution < -0.4 is 25.8 Å². The maximum absolute atomic E-state index is 13.1. The van der Waals surface area contributed by atoms with Crippen LogP contribution in [-0.4, -0.2) is 233 Å². The number of nitrogen functional groups attached to an aromatic ring is 1. The fourth-order valence-corrected chi connectivity index (χ4v) is 16.3. The third kappa shape index (κ3) is 20.8. The predicted octanol–water partition coefficient (Wildman–Crippen LogP) is 13.2. The van der Waals surface area contributed by atoms with E-state index in [4.69, 9.17) is 48.9 Å². The lowest BCUT2D eigenvalue weighted by Gasteiger charge is -2.28. The number of nitrogens with two attached hydrogens (primary N) is 1. The number of ether oxygens (including phenoxy) is 7. The first-order valence-corrected chi connectivity index (χ1v) is 41.6. The second-order valence-corrected chi connectivity index (χ2v) is 30.4. The van der Waals surface area contributed by atoms with Gasteiger partial charge in [0.1, 0.15) is 5.76 Å². The molecule has 0 unspecified atom stereocenters. The van der Waals surface area contributed by atoms with Gasteiger partial charge in [-0.25, -0.2) is 24.4 Å². The second-order valence-electron chi connectivity index (χ2n) is 30.4. The molecule has 3 saturated heterocycles. The molecule has 11 aromatic rings. The molecule has 7 aliphatic rings. The molecule has 18 rings (SSSR count). The average Bonchev–Trinajstić information content (AvgIpc) is 1.63. The van der Waals surface area contributed by atoms with Gasteiger partial charge >= 0.3 is 17.9 Å². The van der Waals surface area contributed by atoms with Gasteiger partial charge in [0.25, 0.3) is 5.91 Å². The SMILES string of the molecule is CCOC(=O)c1ccc2c(C(=Nc3ccc4c(c3)CCN4C(=O)CN3CCOCC3)c3ccccc3)c(O)[nH]c2c1.CCOC(=O)c1ccc2c(C(=Nc3ccc4c(c3)CCN4C(=O)CN3CCOCC3)c3ccccc3)c(O)[nH]c2c1.COC(=O)c1ccc2c(c1)NC(=O)/C2=C(\OC)c1ccccc1.Cl.Cl.Nc1ccc2c(c1)CCN2C(=O)CN1CCOCC1. The Balaban J connectivity index is 0.000000150. The summed E-state index contributed by atoms with van der Waals surface area (Å²) in [5.74, 6) is -0.768. The molecule has 9 heterocycles. The predicted molar refractivity (Wildman–Crippen MR) is 490 cm³/mol. The number of aromatic hydroxyl groups is 2. The number of carbonyl (C=O) groups excluding carboxylic acids is 7. The molecular weight excluding hydrogens is 1650 g/mol. The number of H-pyrrole nitrogens is 2. The van der Waals surface area contributed by atoms with Crippen LogP contribution in [-0.2, 0) is 71.6 Å². The Morgan fingerprint density at radius 1 is 0.429 bits per heavy atom. The van der Waals surface area contributed by atoms with Crippen LogP contribution in [0.25, 0.3) is 33.1 Å². The molecule has 0 atom stereocenters. The van der Waals surface area contributed by atoms with Gasteiger partial charge in [0.05, 0.1) is 149 Å². The number of hydrogen-bond donors (Lipinski definition) is 6. The van der Waals surface area contributed by atoms with Crippen molar-refractivity contribution in [2.75, 3.05) is 171 Å². The minimum absolute atomic E-state index is 0. The Kier molecular flexibility index (Phi) is 30.3. The van der Waals surface area contributed by atoms with E-state index in [-0.39, 0.29) is 73.4 Å². The smallest absolute Gasteiger partial charge is 0.338 e. The maximum Gasteiger partial charge on any atom is 0.338 e. The van der Waals surface area contributed by atoms with Crippen LogP contribution in [0.2, 0.25) is 0 Å². The molecule has 654 valence electrons. The highest BCUT2D eigenvalue weighted by Gasteiger charge is 2.34. The number of benzene rings is 9. The van der Waals surface area contributed by atoms with Crippen LogP contribution in [0.3, 0.4) is 0 Å². The van der Waals surface area contributed by atoms with Crippen molar-refractivity contribution in [3.63, 3.8) is 0 Å². The van der Waals surface area contributed by atoms with Gasteiger partial charge in [-0.05, 0) is 141 Å². The van der Waals surface area contributed by atoms with Crippen molar-refractivity contribution in [1.82, 2.24) is 24.7 Å². The molecule has 3 fully saturated rings. The topological polar surface area (TPSA) is 338 Å². The Morgan fingerprint density at radius 3 is 1.21 bits per heavy atom. The molecule has 4 amide bonds. The minimum Gasteiger partial charge on any atom is -0.495 e. The van der Waals surface area contributed by atoms with E-state index in [2.05, 4.69) is 30.0 Å². The Bertz CT molecular complexity index is 5660. The van der Waals surface area contributed by atoms with E-state index < -0.39 is 17.9 Å². The number of rotatable bonds is 19. The summed E-state index contributed by atoms with van der Waals surface area (Å²) in [5, 5.41) is 26.3. The third-order valence-electron chi connectivity index (χ3n) is 22.5. The summed E-state index contributed by atoms with van der Waals surface area (Å²) < 4.78 is 36.6. The fourth-order valence-electron chi connectivity index (χ4n) is 16.3. The van der Waals surface area contributed by atoms with Crippen LogP contribution in [0.4, 0.5) is 39.8 Å². The number of amides is 4. The molecule has 0 spiro atoms. The monoisotopic (exact) mass is 1750 g/mol. The van der Waals surface area contributed by atoms with Crippen LogP contribution in [0.5, 0.6) is 11.8 Å². The Labute approximate surface area is 741 Å². The van der Waals surface area contributed by atoms with Gasteiger partial charge < -0.3 is 79.1 Å². The van der Waals surface area contributed by atoms with Crippen LogP contribution in [0, 0.1) is 0 Å². The Hall–Kier alpha value is -13.0. The summed E-state index contributed by atoms with van der Waals surface area (Å²) in [6.07, 6.45) is 2.40. The molecule has 9 aromatic carbocycles. The van der Waals surface area contributed by atoms with Gasteiger partial charge in [-0.3, -0.25) is 33.9 Å². The summed E-state index contributed by atoms with van der Waals surface area (Å²) in [5.41, 5.74) is 23.0. The average molecular weight is 1750 g/mol. The van der Waals surface area contributed by atoms with Crippen LogP contribution in [0.1, 0.15) is 95.0 Å². The van der Waals surface area contributed by atoms with Gasteiger partial charge in [0.2, 0.25) is 17.7 Å². The van der Waals surface area contributed by atoms with E-state index in [0.717, 1.165) is 151 Å². The Morgan fingerprint density at radius 2 is 0.810 bits per heavy atom. The van der Waals surface area contributed by atoms with E-state index in [9.17, 15) is 43.8 Å². The number of carbonyl (C=O) groups is 7. The summed E-state index contributed by atoms with van der Waals surface area (Å²) in [7, 11) is 2.85. The number of methoxy groups -OCH3 is 2. The number of esters is 3. The van der Waals surface area contributed by atoms with Crippen LogP contribution in [0.15, 0.2) is 210 Å². The molecule has 0 saturated carbocycles. The normalized spacial score (nSPS) is 15.9. The van der Waals surface area contributed by atoms with Gasteiger partial charge in [0, 0.05) is 126 Å². The number of halogens is 2. The largest absolute Gasteiger partial charge is 0.495 e. The quantitative estimate of drug-likeness (QED) is 0.0109. The van der Waals surface area contributed by atoms with Crippen molar-refractivity contribution in [1.29, 1.82) is 0 Å². The lowest BCUT2D eigenvalue weighted by Crippen LogP contribution is -2.44. The lowest BCUT2D eigenvalue weighted by molar-refractivity contribution is -0.121. The number of anilines is 5. The van der Waals surface area contributed by atoms with Crippen LogP contribution >= 0.6 is 24.8 Å². The minimum atomic E-state index is -0.450. The summed E-state index contributed by atoms with van der Waals surface area (Å²) in [4.78, 5) is 115. The molecule has 7 N–H and O–H groups in total. The van der Waals surface area contributed by atoms with Gasteiger partial charge in [-0.2, -0.15) is 0 Å².